The average molecular weight is 354 g/mol. The monoisotopic (exact) mass is 353 g/mol. The van der Waals surface area contributed by atoms with Crippen molar-refractivity contribution in [2.24, 2.45) is 0 Å². The quantitative estimate of drug-likeness (QED) is 0.627. The Hall–Kier alpha value is 3.28. The predicted octanol–water partition coefficient (Wildman–Crippen LogP) is -1.12. The molecule has 0 saturated heterocycles. The van der Waals surface area contributed by atoms with E-state index in [1.807, 2.05) is 0 Å². The number of hydrogen-bond donors (Lipinski definition) is 2. The molecule has 5 heavy (non-hydrogen) atoms. The molecule has 0 aromatic carbocycles. The minimum absolute atomic E-state index is 0. The van der Waals surface area contributed by atoms with Crippen LogP contribution in [0.25, 0.3) is 0 Å². The van der Waals surface area contributed by atoms with E-state index in [2.05, 4.69) is 0 Å². The third-order valence-corrected chi connectivity index (χ3v) is 2.49. The SMILES string of the molecule is [OH][Y][Ce][OH].[Zr]. The summed E-state index contributed by atoms with van der Waals surface area (Å²) in [4.78, 5) is 0. The molecule has 0 radical (unpaired) electrons. The van der Waals surface area contributed by atoms with Crippen molar-refractivity contribution in [2.75, 3.05) is 0 Å². The van der Waals surface area contributed by atoms with E-state index in [0.29, 0.717) is 0 Å². The van der Waals surface area contributed by atoms with E-state index in [9.17, 15) is 0 Å². The van der Waals surface area contributed by atoms with Gasteiger partial charge in [0.1, 0.15) is 0 Å². The molecule has 0 saturated carbocycles. The van der Waals surface area contributed by atoms with Gasteiger partial charge in [-0.15, -0.1) is 0 Å². The van der Waals surface area contributed by atoms with Crippen LogP contribution in [0.1, 0.15) is 0 Å². The first-order valence-electron chi connectivity index (χ1n) is 0.770. The van der Waals surface area contributed by atoms with Crippen molar-refractivity contribution in [1.29, 1.82) is 0 Å². The van der Waals surface area contributed by atoms with Crippen molar-refractivity contribution in [3.8, 4) is 0 Å². The zero-order valence-electron chi connectivity index (χ0n) is 2.47. The molecule has 0 aliphatic heterocycles. The first-order valence-corrected chi connectivity index (χ1v) is 15.6. The van der Waals surface area contributed by atoms with E-state index < -0.39 is 48.9 Å². The second-order valence-electron chi connectivity index (χ2n) is 0.258. The Morgan fingerprint density at radius 3 is 1.80 bits per heavy atom. The summed E-state index contributed by atoms with van der Waals surface area (Å²) in [5.74, 6) is 0. The fourth-order valence-corrected chi connectivity index (χ4v) is 0. The standard InChI is InChI=1S/Ce.2H2O.Y.Zr/h;2*1H2;;/q+1;;;+1;/p-2. The maximum Gasteiger partial charge on any atom is 0 e. The smallest absolute Gasteiger partial charge is 0 e. The van der Waals surface area contributed by atoms with Gasteiger partial charge in [0.15, 0.2) is 0 Å². The van der Waals surface area contributed by atoms with Gasteiger partial charge < -0.3 is 0 Å². The van der Waals surface area contributed by atoms with Gasteiger partial charge in [0.25, 0.3) is 0 Å². The maximum atomic E-state index is 7.90. The van der Waals surface area contributed by atoms with Gasteiger partial charge >= 0.3 is 52.6 Å². The molecule has 0 unspecified atom stereocenters. The maximum absolute atomic E-state index is 7.90. The van der Waals surface area contributed by atoms with Gasteiger partial charge in [0, 0.05) is 26.2 Å². The van der Waals surface area contributed by atoms with Crippen molar-refractivity contribution in [1.82, 2.24) is 0 Å². The Balaban J connectivity index is 0. The molecule has 0 rings (SSSR count). The molecule has 0 fully saturated rings. The Bertz CT molecular complexity index is 11.6. The van der Waals surface area contributed by atoms with Crippen LogP contribution >= 0.6 is 0 Å². The minimum atomic E-state index is -1.19. The molecule has 0 aromatic heterocycles. The molecule has 5 heteroatoms. The summed E-state index contributed by atoms with van der Waals surface area (Å²) in [6, 6.07) is 0. The molecule has 0 aromatic rings. The van der Waals surface area contributed by atoms with Crippen LogP contribution in [0, 0.1) is 29.5 Å². The van der Waals surface area contributed by atoms with E-state index in [-0.39, 0.29) is 26.2 Å². The van der Waals surface area contributed by atoms with Gasteiger partial charge in [0.05, 0.1) is 0 Å². The van der Waals surface area contributed by atoms with Crippen LogP contribution in [-0.4, -0.2) is 3.74 Å². The first-order chi connectivity index (χ1) is 1.91. The third kappa shape index (κ3) is 11.1. The summed E-state index contributed by atoms with van der Waals surface area (Å²) in [7, 11) is 0. The molecular weight excluding hydrogens is 352 g/mol. The molecular formula is H2CeO2YZr. The number of rotatable bonds is 1. The Morgan fingerprint density at radius 1 is 1.60 bits per heavy atom. The molecule has 0 amide bonds. The third-order valence-electron chi connectivity index (χ3n) is 0.0577. The van der Waals surface area contributed by atoms with Crippen LogP contribution in [0.5, 0.6) is 0 Å². The Labute approximate surface area is 76.1 Å². The van der Waals surface area contributed by atoms with Crippen LogP contribution in [0.4, 0.5) is 0 Å². The van der Waals surface area contributed by atoms with Crippen LogP contribution in [0.15, 0.2) is 0 Å². The molecule has 0 aliphatic carbocycles. The molecule has 0 bridgehead atoms. The summed E-state index contributed by atoms with van der Waals surface area (Å²) in [5.41, 5.74) is 0. The Kier molecular flexibility index (Phi) is 22.9. The van der Waals surface area contributed by atoms with Crippen LogP contribution in [0.2, 0.25) is 0 Å². The largest absolute Gasteiger partial charge is 0 e. The summed E-state index contributed by atoms with van der Waals surface area (Å²) < 4.78 is 15.8. The van der Waals surface area contributed by atoms with Gasteiger partial charge in [0.2, 0.25) is 0 Å². The van der Waals surface area contributed by atoms with Crippen molar-refractivity contribution < 1.29 is 78.8 Å². The van der Waals surface area contributed by atoms with Gasteiger partial charge in [-0.25, -0.2) is 0 Å². The molecule has 0 heterocycles. The fourth-order valence-electron chi connectivity index (χ4n) is 0. The van der Waals surface area contributed by atoms with Gasteiger partial charge in [-0.2, -0.15) is 0 Å². The van der Waals surface area contributed by atoms with E-state index in [1.165, 1.54) is 0 Å². The van der Waals surface area contributed by atoms with E-state index >= 15 is 0 Å². The van der Waals surface area contributed by atoms with Crippen molar-refractivity contribution in [2.45, 2.75) is 0 Å². The van der Waals surface area contributed by atoms with Crippen LogP contribution < -0.4 is 0 Å². The Morgan fingerprint density at radius 2 is 1.80 bits per heavy atom. The molecule has 0 spiro atoms. The van der Waals surface area contributed by atoms with Gasteiger partial charge in [-0.05, 0) is 0 Å². The average Bonchev–Trinajstić information content (AvgIpc) is 1.37. The molecule has 0 aliphatic rings. The number of hydrogen-bond acceptors (Lipinski definition) is 2. The summed E-state index contributed by atoms with van der Waals surface area (Å²) in [5, 5.41) is 0. The molecule has 0 atom stereocenters. The topological polar surface area (TPSA) is 40.5 Å². The first kappa shape index (κ1) is 11.1. The molecule has 25 valence electrons. The molecule has 2 nitrogen and oxygen atoms in total. The zero-order valence-corrected chi connectivity index (χ0v) is 10.9. The van der Waals surface area contributed by atoms with Crippen LogP contribution in [0.3, 0.4) is 0 Å². The second-order valence-corrected chi connectivity index (χ2v) is 11.1. The van der Waals surface area contributed by atoms with Crippen LogP contribution in [-0.2, 0) is 45.6 Å². The predicted molar refractivity (Wildman–Crippen MR) is 4.44 cm³/mol. The van der Waals surface area contributed by atoms with E-state index in [4.69, 9.17) is 3.74 Å². The normalized spacial score (nSPS) is 3.60. The van der Waals surface area contributed by atoms with Crippen molar-refractivity contribution in [3.63, 3.8) is 0 Å². The van der Waals surface area contributed by atoms with E-state index in [0.717, 1.165) is 0 Å². The fraction of sp³-hybridized carbons (Fsp3) is 0. The summed E-state index contributed by atoms with van der Waals surface area (Å²) in [6.07, 6.45) is 0. The summed E-state index contributed by atoms with van der Waals surface area (Å²) in [6.45, 7) is 0. The minimum Gasteiger partial charge on any atom is 0 e. The molecule has 2 N–H and O–H groups in total. The van der Waals surface area contributed by atoms with Gasteiger partial charge in [-0.3, -0.25) is 0 Å². The van der Waals surface area contributed by atoms with E-state index in [1.54, 1.807) is 0 Å². The zero-order chi connectivity index (χ0) is 3.41. The van der Waals surface area contributed by atoms with Crippen molar-refractivity contribution >= 4 is 0 Å². The summed E-state index contributed by atoms with van der Waals surface area (Å²) >= 11 is -2.34. The second kappa shape index (κ2) is 10.3. The van der Waals surface area contributed by atoms with Gasteiger partial charge in [-0.1, -0.05) is 0 Å². The van der Waals surface area contributed by atoms with Crippen molar-refractivity contribution in [3.05, 3.63) is 0 Å².